The van der Waals surface area contributed by atoms with Gasteiger partial charge in [0.05, 0.1) is 11.2 Å². The molecule has 0 spiro atoms. The van der Waals surface area contributed by atoms with Crippen molar-refractivity contribution in [3.63, 3.8) is 0 Å². The van der Waals surface area contributed by atoms with Crippen molar-refractivity contribution >= 4 is 29.1 Å². The van der Waals surface area contributed by atoms with E-state index in [0.717, 1.165) is 30.4 Å². The predicted molar refractivity (Wildman–Crippen MR) is 96.5 cm³/mol. The summed E-state index contributed by atoms with van der Waals surface area (Å²) < 4.78 is 1.04. The summed E-state index contributed by atoms with van der Waals surface area (Å²) in [6.45, 7) is 6.73. The number of hydrogen-bond donors (Lipinski definition) is 1. The molecule has 1 N–H and O–H groups in total. The molecule has 0 radical (unpaired) electrons. The first-order valence-corrected chi connectivity index (χ1v) is 9.20. The summed E-state index contributed by atoms with van der Waals surface area (Å²) in [5.41, 5.74) is -0.195. The van der Waals surface area contributed by atoms with E-state index >= 15 is 0 Å². The average molecular weight is 374 g/mol. The Kier molecular flexibility index (Phi) is 6.32. The average Bonchev–Trinajstić information content (AvgIpc) is 2.56. The number of rotatable bonds is 5. The second-order valence-electron chi connectivity index (χ2n) is 7.23. The third-order valence-corrected chi connectivity index (χ3v) is 6.09. The van der Waals surface area contributed by atoms with Crippen LogP contribution in [0, 0.1) is 11.3 Å². The van der Waals surface area contributed by atoms with E-state index in [9.17, 15) is 9.59 Å². The van der Waals surface area contributed by atoms with Crippen LogP contribution in [-0.4, -0.2) is 21.7 Å². The largest absolute Gasteiger partial charge is 0.352 e. The third-order valence-electron chi connectivity index (χ3n) is 5.34. The zero-order valence-corrected chi connectivity index (χ0v) is 16.0. The number of halogens is 2. The highest BCUT2D eigenvalue weighted by molar-refractivity contribution is 6.41. The molecule has 134 valence electrons. The molecule has 0 atom stereocenters. The molecule has 1 aromatic heterocycles. The van der Waals surface area contributed by atoms with Crippen molar-refractivity contribution in [3.05, 3.63) is 26.6 Å². The Bertz CT molecular complexity index is 650. The first-order valence-electron chi connectivity index (χ1n) is 8.45. The summed E-state index contributed by atoms with van der Waals surface area (Å²) in [6.07, 6.45) is 6.64. The molecule has 0 unspecified atom stereocenters. The van der Waals surface area contributed by atoms with E-state index in [2.05, 4.69) is 31.2 Å². The van der Waals surface area contributed by atoms with Crippen LogP contribution in [0.3, 0.4) is 0 Å². The third kappa shape index (κ3) is 4.51. The summed E-state index contributed by atoms with van der Waals surface area (Å²) in [7, 11) is 0. The molecule has 0 saturated heterocycles. The SMILES string of the molecule is CCC(C)(C)C1CCC(NC(=O)Cn2ncc(Cl)c(Cl)c2=O)CC1. The smallest absolute Gasteiger partial charge is 0.287 e. The van der Waals surface area contributed by atoms with Crippen LogP contribution in [0.4, 0.5) is 0 Å². The fourth-order valence-corrected chi connectivity index (χ4v) is 3.55. The van der Waals surface area contributed by atoms with Crippen molar-refractivity contribution in [2.75, 3.05) is 0 Å². The molecule has 1 saturated carbocycles. The second kappa shape index (κ2) is 7.87. The molecule has 0 aromatic carbocycles. The minimum Gasteiger partial charge on any atom is -0.352 e. The number of carbonyl (C=O) groups excluding carboxylic acids is 1. The minimum absolute atomic E-state index is 0.0928. The topological polar surface area (TPSA) is 64.0 Å². The first-order chi connectivity index (χ1) is 11.2. The van der Waals surface area contributed by atoms with E-state index in [1.807, 2.05) is 0 Å². The maximum Gasteiger partial charge on any atom is 0.287 e. The lowest BCUT2D eigenvalue weighted by Crippen LogP contribution is -2.42. The van der Waals surface area contributed by atoms with Crippen LogP contribution in [-0.2, 0) is 11.3 Å². The van der Waals surface area contributed by atoms with E-state index < -0.39 is 5.56 Å². The summed E-state index contributed by atoms with van der Waals surface area (Å²) >= 11 is 11.5. The fraction of sp³-hybridized carbons (Fsp3) is 0.706. The molecule has 1 amide bonds. The van der Waals surface area contributed by atoms with Gasteiger partial charge >= 0.3 is 0 Å². The van der Waals surface area contributed by atoms with E-state index in [4.69, 9.17) is 23.2 Å². The van der Waals surface area contributed by atoms with Crippen molar-refractivity contribution in [1.29, 1.82) is 0 Å². The molecule has 1 fully saturated rings. The zero-order valence-electron chi connectivity index (χ0n) is 14.4. The molecule has 24 heavy (non-hydrogen) atoms. The van der Waals surface area contributed by atoms with Crippen LogP contribution < -0.4 is 10.9 Å². The van der Waals surface area contributed by atoms with Gasteiger partial charge in [-0.2, -0.15) is 5.10 Å². The van der Waals surface area contributed by atoms with E-state index in [0.29, 0.717) is 11.3 Å². The molecule has 1 aliphatic rings. The number of hydrogen-bond acceptors (Lipinski definition) is 3. The lowest BCUT2D eigenvalue weighted by atomic mass is 9.69. The molecule has 0 bridgehead atoms. The van der Waals surface area contributed by atoms with Gasteiger partial charge in [-0.25, -0.2) is 4.68 Å². The Morgan fingerprint density at radius 1 is 1.33 bits per heavy atom. The first kappa shape index (κ1) is 19.3. The van der Waals surface area contributed by atoms with Gasteiger partial charge in [0.1, 0.15) is 11.6 Å². The van der Waals surface area contributed by atoms with Crippen molar-refractivity contribution in [1.82, 2.24) is 15.1 Å². The molecular weight excluding hydrogens is 349 g/mol. The second-order valence-corrected chi connectivity index (χ2v) is 8.01. The highest BCUT2D eigenvalue weighted by Gasteiger charge is 2.32. The van der Waals surface area contributed by atoms with Gasteiger partial charge in [0.25, 0.3) is 5.56 Å². The van der Waals surface area contributed by atoms with Gasteiger partial charge in [-0.1, -0.05) is 50.4 Å². The van der Waals surface area contributed by atoms with Gasteiger partial charge in [0.2, 0.25) is 5.91 Å². The molecule has 0 aliphatic heterocycles. The number of carbonyl (C=O) groups is 1. The van der Waals surface area contributed by atoms with Crippen LogP contribution in [0.1, 0.15) is 52.9 Å². The molecule has 5 nitrogen and oxygen atoms in total. The molecular formula is C17H25Cl2N3O2. The number of nitrogens with one attached hydrogen (secondary N) is 1. The number of amides is 1. The van der Waals surface area contributed by atoms with Crippen molar-refractivity contribution in [2.24, 2.45) is 11.3 Å². The van der Waals surface area contributed by atoms with Crippen LogP contribution in [0.2, 0.25) is 10.0 Å². The summed E-state index contributed by atoms with van der Waals surface area (Å²) in [6, 6.07) is 0.167. The van der Waals surface area contributed by atoms with E-state index in [1.54, 1.807) is 0 Å². The molecule has 7 heteroatoms. The Morgan fingerprint density at radius 3 is 2.54 bits per heavy atom. The van der Waals surface area contributed by atoms with Gasteiger partial charge in [0, 0.05) is 6.04 Å². The van der Waals surface area contributed by atoms with Crippen LogP contribution in [0.15, 0.2) is 11.0 Å². The lowest BCUT2D eigenvalue weighted by molar-refractivity contribution is -0.123. The minimum atomic E-state index is -0.548. The monoisotopic (exact) mass is 373 g/mol. The Labute approximate surface area is 152 Å². The Morgan fingerprint density at radius 2 is 1.96 bits per heavy atom. The Balaban J connectivity index is 1.89. The predicted octanol–water partition coefficient (Wildman–Crippen LogP) is 3.66. The maximum absolute atomic E-state index is 12.2. The normalized spacial score (nSPS) is 21.5. The van der Waals surface area contributed by atoms with Gasteiger partial charge in [-0.3, -0.25) is 9.59 Å². The molecule has 1 aromatic rings. The van der Waals surface area contributed by atoms with Gasteiger partial charge in [-0.15, -0.1) is 0 Å². The standard InChI is InChI=1S/C17H25Cl2N3O2/c1-4-17(2,3)11-5-7-12(8-6-11)21-14(23)10-22-16(24)15(19)13(18)9-20-22/h9,11-12H,4-8,10H2,1-3H3,(H,21,23). The lowest BCUT2D eigenvalue weighted by Gasteiger charge is -2.39. The van der Waals surface area contributed by atoms with Crippen molar-refractivity contribution in [3.8, 4) is 0 Å². The Hall–Kier alpha value is -1.07. The van der Waals surface area contributed by atoms with Gasteiger partial charge < -0.3 is 5.32 Å². The maximum atomic E-state index is 12.2. The molecule has 1 heterocycles. The van der Waals surface area contributed by atoms with Crippen molar-refractivity contribution in [2.45, 2.75) is 65.5 Å². The van der Waals surface area contributed by atoms with Crippen molar-refractivity contribution < 1.29 is 4.79 Å². The van der Waals surface area contributed by atoms with Crippen LogP contribution in [0.25, 0.3) is 0 Å². The van der Waals surface area contributed by atoms with Gasteiger partial charge in [-0.05, 0) is 37.0 Å². The number of aromatic nitrogens is 2. The van der Waals surface area contributed by atoms with Crippen LogP contribution >= 0.6 is 23.2 Å². The highest BCUT2D eigenvalue weighted by atomic mass is 35.5. The summed E-state index contributed by atoms with van der Waals surface area (Å²) in [5, 5.41) is 6.84. The summed E-state index contributed by atoms with van der Waals surface area (Å²) in [4.78, 5) is 24.1. The van der Waals surface area contributed by atoms with Gasteiger partial charge in [0.15, 0.2) is 0 Å². The zero-order chi connectivity index (χ0) is 17.9. The van der Waals surface area contributed by atoms with Crippen LogP contribution in [0.5, 0.6) is 0 Å². The summed E-state index contributed by atoms with van der Waals surface area (Å²) in [5.74, 6) is 0.483. The quantitative estimate of drug-likeness (QED) is 0.856. The fourth-order valence-electron chi connectivity index (χ4n) is 3.27. The van der Waals surface area contributed by atoms with E-state index in [-0.39, 0.29) is 28.5 Å². The highest BCUT2D eigenvalue weighted by Crippen LogP contribution is 2.40. The number of nitrogens with zero attached hydrogens (tertiary/aromatic N) is 2. The molecule has 1 aliphatic carbocycles. The molecule has 2 rings (SSSR count). The van der Waals surface area contributed by atoms with E-state index in [1.165, 1.54) is 12.6 Å².